The Balaban J connectivity index is 4.37. The number of halogens is 3. The van der Waals surface area contributed by atoms with E-state index in [2.05, 4.69) is 0 Å². The van der Waals surface area contributed by atoms with Crippen LogP contribution in [0.1, 0.15) is 6.42 Å². The first-order chi connectivity index (χ1) is 8.26. The molecule has 0 rings (SSSR count). The predicted molar refractivity (Wildman–Crippen MR) is 60.6 cm³/mol. The topological polar surface area (TPSA) is 47.3 Å². The summed E-state index contributed by atoms with van der Waals surface area (Å²) < 4.78 is 36.1. The summed E-state index contributed by atoms with van der Waals surface area (Å²) in [5.41, 5.74) is 0. The molecule has 0 fully saturated rings. The van der Waals surface area contributed by atoms with Gasteiger partial charge < -0.3 is 9.80 Å². The Morgan fingerprint density at radius 2 is 2.00 bits per heavy atom. The van der Waals surface area contributed by atoms with Crippen LogP contribution in [-0.2, 0) is 4.79 Å². The maximum Gasteiger partial charge on any atom is 0.390 e. The highest BCUT2D eigenvalue weighted by Crippen LogP contribution is 2.19. The molecule has 0 aliphatic heterocycles. The minimum atomic E-state index is -4.33. The number of carbonyl (C=O) groups excluding carboxylic acids is 1. The first-order valence-electron chi connectivity index (χ1n) is 5.30. The SMILES string of the molecule is CN(C)C/C=C/C(=O)N(CC#N)CCC(F)(F)F. The van der Waals surface area contributed by atoms with Gasteiger partial charge in [0.25, 0.3) is 0 Å². The number of hydrogen-bond donors (Lipinski definition) is 0. The number of nitrogens with zero attached hydrogens (tertiary/aromatic N) is 3. The molecule has 0 saturated carbocycles. The number of alkyl halides is 3. The van der Waals surface area contributed by atoms with Crippen LogP contribution in [0.3, 0.4) is 0 Å². The molecule has 0 aromatic rings. The number of likely N-dealkylation sites (N-methyl/N-ethyl adjacent to an activating group) is 1. The van der Waals surface area contributed by atoms with Gasteiger partial charge >= 0.3 is 6.18 Å². The molecular weight excluding hydrogens is 247 g/mol. The van der Waals surface area contributed by atoms with Gasteiger partial charge in [-0.1, -0.05) is 6.08 Å². The second-order valence-electron chi connectivity index (χ2n) is 3.95. The van der Waals surface area contributed by atoms with Crippen molar-refractivity contribution >= 4 is 5.91 Å². The van der Waals surface area contributed by atoms with Gasteiger partial charge in [-0.3, -0.25) is 4.79 Å². The summed E-state index contributed by atoms with van der Waals surface area (Å²) in [5, 5.41) is 8.47. The van der Waals surface area contributed by atoms with Crippen LogP contribution in [0.25, 0.3) is 0 Å². The lowest BCUT2D eigenvalue weighted by Gasteiger charge is -2.18. The third-order valence-corrected chi connectivity index (χ3v) is 1.97. The van der Waals surface area contributed by atoms with Crippen molar-refractivity contribution in [3.05, 3.63) is 12.2 Å². The van der Waals surface area contributed by atoms with Gasteiger partial charge in [-0.15, -0.1) is 0 Å². The van der Waals surface area contributed by atoms with E-state index in [1.807, 2.05) is 0 Å². The molecule has 0 aromatic heterocycles. The zero-order valence-electron chi connectivity index (χ0n) is 10.4. The van der Waals surface area contributed by atoms with Crippen molar-refractivity contribution in [2.45, 2.75) is 12.6 Å². The minimum absolute atomic E-state index is 0.346. The Morgan fingerprint density at radius 1 is 1.39 bits per heavy atom. The number of nitriles is 1. The number of hydrogen-bond acceptors (Lipinski definition) is 3. The van der Waals surface area contributed by atoms with Crippen molar-refractivity contribution in [3.8, 4) is 6.07 Å². The zero-order valence-corrected chi connectivity index (χ0v) is 10.4. The Bertz CT molecular complexity index is 331. The molecule has 0 heterocycles. The third-order valence-electron chi connectivity index (χ3n) is 1.97. The fourth-order valence-corrected chi connectivity index (χ4v) is 1.08. The van der Waals surface area contributed by atoms with Crippen molar-refractivity contribution in [3.63, 3.8) is 0 Å². The van der Waals surface area contributed by atoms with E-state index in [-0.39, 0.29) is 6.54 Å². The third kappa shape index (κ3) is 8.58. The summed E-state index contributed by atoms with van der Waals surface area (Å²) in [6.07, 6.45) is -2.71. The standard InChI is InChI=1S/C11H16F3N3O/c1-16(2)7-3-4-10(18)17(9-6-15)8-5-11(12,13)14/h3-4H,5,7-9H2,1-2H3/b4-3+. The van der Waals surface area contributed by atoms with Gasteiger partial charge in [-0.2, -0.15) is 18.4 Å². The molecule has 1 amide bonds. The molecule has 0 aliphatic rings. The summed E-state index contributed by atoms with van der Waals surface area (Å²) in [5.74, 6) is -0.581. The normalized spacial score (nSPS) is 11.8. The molecule has 0 aliphatic carbocycles. The molecule has 102 valence electrons. The Labute approximate surface area is 104 Å². The minimum Gasteiger partial charge on any atom is -0.326 e. The smallest absolute Gasteiger partial charge is 0.326 e. The van der Waals surface area contributed by atoms with E-state index in [1.54, 1.807) is 31.1 Å². The van der Waals surface area contributed by atoms with E-state index < -0.39 is 25.0 Å². The van der Waals surface area contributed by atoms with Crippen LogP contribution in [0.4, 0.5) is 13.2 Å². The van der Waals surface area contributed by atoms with E-state index in [1.165, 1.54) is 6.08 Å². The highest BCUT2D eigenvalue weighted by Gasteiger charge is 2.28. The molecule has 0 bridgehead atoms. The van der Waals surface area contributed by atoms with Gasteiger partial charge in [0.15, 0.2) is 0 Å². The first-order valence-corrected chi connectivity index (χ1v) is 5.30. The maximum atomic E-state index is 12.0. The van der Waals surface area contributed by atoms with Crippen LogP contribution in [0.15, 0.2) is 12.2 Å². The van der Waals surface area contributed by atoms with Crippen LogP contribution in [0.2, 0.25) is 0 Å². The maximum absolute atomic E-state index is 12.0. The van der Waals surface area contributed by atoms with Crippen LogP contribution in [0.5, 0.6) is 0 Å². The summed E-state index contributed by atoms with van der Waals surface area (Å²) in [7, 11) is 3.59. The van der Waals surface area contributed by atoms with Crippen molar-refractivity contribution in [2.75, 3.05) is 33.7 Å². The van der Waals surface area contributed by atoms with Crippen molar-refractivity contribution in [2.24, 2.45) is 0 Å². The molecule has 0 aromatic carbocycles. The van der Waals surface area contributed by atoms with Gasteiger partial charge in [0.05, 0.1) is 12.5 Å². The first kappa shape index (κ1) is 16.4. The van der Waals surface area contributed by atoms with Gasteiger partial charge in [0, 0.05) is 19.2 Å². The van der Waals surface area contributed by atoms with E-state index in [9.17, 15) is 18.0 Å². The van der Waals surface area contributed by atoms with Crippen molar-refractivity contribution in [1.29, 1.82) is 5.26 Å². The number of carbonyl (C=O) groups is 1. The summed E-state index contributed by atoms with van der Waals surface area (Å²) in [4.78, 5) is 14.2. The predicted octanol–water partition coefficient (Wildman–Crippen LogP) is 1.41. The van der Waals surface area contributed by atoms with E-state index in [0.29, 0.717) is 6.54 Å². The highest BCUT2D eigenvalue weighted by atomic mass is 19.4. The highest BCUT2D eigenvalue weighted by molar-refractivity contribution is 5.87. The lowest BCUT2D eigenvalue weighted by Crippen LogP contribution is -2.33. The quantitative estimate of drug-likeness (QED) is 0.537. The molecule has 4 nitrogen and oxygen atoms in total. The van der Waals surface area contributed by atoms with Gasteiger partial charge in [-0.05, 0) is 14.1 Å². The second kappa shape index (κ2) is 7.71. The Hall–Kier alpha value is -1.55. The van der Waals surface area contributed by atoms with Crippen LogP contribution < -0.4 is 0 Å². The summed E-state index contributed by atoms with van der Waals surface area (Å²) in [6.45, 7) is -0.338. The molecule has 0 radical (unpaired) electrons. The van der Waals surface area contributed by atoms with Gasteiger partial charge in [0.1, 0.15) is 6.54 Å². The van der Waals surface area contributed by atoms with Crippen molar-refractivity contribution in [1.82, 2.24) is 9.80 Å². The monoisotopic (exact) mass is 263 g/mol. The number of amides is 1. The lowest BCUT2D eigenvalue weighted by molar-refractivity contribution is -0.142. The molecule has 7 heteroatoms. The van der Waals surface area contributed by atoms with Crippen molar-refractivity contribution < 1.29 is 18.0 Å². The van der Waals surface area contributed by atoms with Crippen LogP contribution >= 0.6 is 0 Å². The van der Waals surface area contributed by atoms with Gasteiger partial charge in [0.2, 0.25) is 5.91 Å². The summed E-state index contributed by atoms with van der Waals surface area (Å²) in [6, 6.07) is 1.68. The molecule has 0 spiro atoms. The molecular formula is C11H16F3N3O. The number of rotatable bonds is 6. The molecule has 0 saturated heterocycles. The fourth-order valence-electron chi connectivity index (χ4n) is 1.08. The largest absolute Gasteiger partial charge is 0.390 e. The zero-order chi connectivity index (χ0) is 14.2. The molecule has 18 heavy (non-hydrogen) atoms. The van der Waals surface area contributed by atoms with E-state index in [4.69, 9.17) is 5.26 Å². The Kier molecular flexibility index (Phi) is 7.05. The summed E-state index contributed by atoms with van der Waals surface area (Å²) >= 11 is 0. The Morgan fingerprint density at radius 3 is 2.44 bits per heavy atom. The van der Waals surface area contributed by atoms with Crippen LogP contribution in [0, 0.1) is 11.3 Å². The van der Waals surface area contributed by atoms with Gasteiger partial charge in [-0.25, -0.2) is 0 Å². The lowest BCUT2D eigenvalue weighted by atomic mass is 10.3. The molecule has 0 atom stereocenters. The second-order valence-corrected chi connectivity index (χ2v) is 3.95. The molecule has 0 N–H and O–H groups in total. The average molecular weight is 263 g/mol. The van der Waals surface area contributed by atoms with E-state index in [0.717, 1.165) is 4.90 Å². The van der Waals surface area contributed by atoms with Crippen LogP contribution in [-0.4, -0.2) is 55.6 Å². The fraction of sp³-hybridized carbons (Fsp3) is 0.636. The molecule has 0 unspecified atom stereocenters. The van der Waals surface area contributed by atoms with E-state index >= 15 is 0 Å². The average Bonchev–Trinajstić information content (AvgIpc) is 2.22.